The molecule has 0 saturated heterocycles. The lowest BCUT2D eigenvalue weighted by atomic mass is 10.0. The van der Waals surface area contributed by atoms with Gasteiger partial charge >= 0.3 is 0 Å². The van der Waals surface area contributed by atoms with E-state index in [1.54, 1.807) is 0 Å². The highest BCUT2D eigenvalue weighted by Crippen LogP contribution is 2.24. The van der Waals surface area contributed by atoms with Gasteiger partial charge < -0.3 is 0 Å². The molecule has 1 aromatic carbocycles. The van der Waals surface area contributed by atoms with Gasteiger partial charge in [-0.2, -0.15) is 0 Å². The molecule has 2 heteroatoms. The van der Waals surface area contributed by atoms with Crippen LogP contribution in [0, 0.1) is 0 Å². The number of hydrogen-bond acceptors (Lipinski definition) is 1. The highest BCUT2D eigenvalue weighted by atomic mass is 35.5. The van der Waals surface area contributed by atoms with Crippen LogP contribution in [0.1, 0.15) is 38.8 Å². The molecule has 15 heavy (non-hydrogen) atoms. The Morgan fingerprint density at radius 1 is 1.07 bits per heavy atom. The molecule has 0 N–H and O–H groups in total. The average molecular weight is 226 g/mol. The molecule has 0 aromatic heterocycles. The molecule has 84 valence electrons. The molecule has 0 aliphatic rings. The molecule has 0 amide bonds. The van der Waals surface area contributed by atoms with E-state index in [2.05, 4.69) is 37.8 Å². The highest BCUT2D eigenvalue weighted by molar-refractivity contribution is 6.30. The summed E-state index contributed by atoms with van der Waals surface area (Å²) in [6.07, 6.45) is 1.14. The molecule has 0 spiro atoms. The highest BCUT2D eigenvalue weighted by Gasteiger charge is 2.15. The lowest BCUT2D eigenvalue weighted by Gasteiger charge is -2.29. The van der Waals surface area contributed by atoms with Crippen molar-refractivity contribution < 1.29 is 0 Å². The maximum absolute atomic E-state index is 5.89. The Balaban J connectivity index is 2.86. The summed E-state index contributed by atoms with van der Waals surface area (Å²) >= 11 is 5.89. The number of nitrogens with zero attached hydrogens (tertiary/aromatic N) is 1. The van der Waals surface area contributed by atoms with Crippen LogP contribution in [0.5, 0.6) is 0 Å². The summed E-state index contributed by atoms with van der Waals surface area (Å²) in [5.41, 5.74) is 1.37. The van der Waals surface area contributed by atoms with E-state index in [4.69, 9.17) is 11.6 Å². The van der Waals surface area contributed by atoms with Gasteiger partial charge in [0.25, 0.3) is 0 Å². The smallest absolute Gasteiger partial charge is 0.0406 e. The van der Waals surface area contributed by atoms with Crippen molar-refractivity contribution in [3.63, 3.8) is 0 Å². The van der Waals surface area contributed by atoms with Crippen LogP contribution in [0.3, 0.4) is 0 Å². The van der Waals surface area contributed by atoms with Gasteiger partial charge in [0.1, 0.15) is 0 Å². The van der Waals surface area contributed by atoms with E-state index in [0.717, 1.165) is 24.5 Å². The fourth-order valence-electron chi connectivity index (χ4n) is 2.05. The van der Waals surface area contributed by atoms with Gasteiger partial charge in [-0.1, -0.05) is 44.5 Å². The predicted octanol–water partition coefficient (Wildman–Crippen LogP) is 4.13. The minimum absolute atomic E-state index is 0.525. The summed E-state index contributed by atoms with van der Waals surface area (Å²) in [6.45, 7) is 8.84. The third kappa shape index (κ3) is 3.22. The monoisotopic (exact) mass is 225 g/mol. The molecule has 1 nitrogen and oxygen atoms in total. The number of benzene rings is 1. The van der Waals surface area contributed by atoms with Crippen molar-refractivity contribution in [3.8, 4) is 0 Å². The van der Waals surface area contributed by atoms with E-state index >= 15 is 0 Å². The van der Waals surface area contributed by atoms with Crippen molar-refractivity contribution in [2.24, 2.45) is 0 Å². The second-order valence-electron chi connectivity index (χ2n) is 3.70. The van der Waals surface area contributed by atoms with Crippen molar-refractivity contribution >= 4 is 11.6 Å². The van der Waals surface area contributed by atoms with Crippen LogP contribution in [-0.2, 0) is 0 Å². The van der Waals surface area contributed by atoms with E-state index in [1.807, 2.05) is 12.1 Å². The summed E-state index contributed by atoms with van der Waals surface area (Å²) < 4.78 is 0. The molecule has 0 saturated carbocycles. The van der Waals surface area contributed by atoms with Gasteiger partial charge in [0.05, 0.1) is 0 Å². The molecule has 0 aliphatic heterocycles. The van der Waals surface area contributed by atoms with Crippen LogP contribution < -0.4 is 0 Å². The van der Waals surface area contributed by atoms with Gasteiger partial charge in [-0.3, -0.25) is 4.90 Å². The standard InChI is InChI=1S/C13H20ClN/c1-4-13(15(5-2)6-3)11-7-9-12(14)10-8-11/h7-10,13H,4-6H2,1-3H3. The lowest BCUT2D eigenvalue weighted by Crippen LogP contribution is -2.27. The molecule has 0 bridgehead atoms. The molecular weight excluding hydrogens is 206 g/mol. The number of halogens is 1. The Morgan fingerprint density at radius 2 is 1.60 bits per heavy atom. The van der Waals surface area contributed by atoms with Gasteiger partial charge in [-0.05, 0) is 37.2 Å². The Kier molecular flexibility index (Phi) is 5.13. The van der Waals surface area contributed by atoms with Gasteiger partial charge in [-0.25, -0.2) is 0 Å². The fourth-order valence-corrected chi connectivity index (χ4v) is 2.18. The predicted molar refractivity (Wildman–Crippen MR) is 67.4 cm³/mol. The van der Waals surface area contributed by atoms with Gasteiger partial charge in [-0.15, -0.1) is 0 Å². The van der Waals surface area contributed by atoms with Crippen molar-refractivity contribution in [2.75, 3.05) is 13.1 Å². The molecule has 0 fully saturated rings. The van der Waals surface area contributed by atoms with E-state index in [0.29, 0.717) is 6.04 Å². The van der Waals surface area contributed by atoms with Gasteiger partial charge in [0, 0.05) is 11.1 Å². The maximum atomic E-state index is 5.89. The molecule has 1 rings (SSSR count). The first kappa shape index (κ1) is 12.5. The fraction of sp³-hybridized carbons (Fsp3) is 0.538. The molecule has 0 heterocycles. The zero-order valence-corrected chi connectivity index (χ0v) is 10.6. The second-order valence-corrected chi connectivity index (χ2v) is 4.13. The van der Waals surface area contributed by atoms with E-state index in [9.17, 15) is 0 Å². The van der Waals surface area contributed by atoms with Crippen LogP contribution in [0.4, 0.5) is 0 Å². The summed E-state index contributed by atoms with van der Waals surface area (Å²) in [5.74, 6) is 0. The Bertz CT molecular complexity index is 277. The molecular formula is C13H20ClN. The number of hydrogen-bond donors (Lipinski definition) is 0. The van der Waals surface area contributed by atoms with Crippen LogP contribution >= 0.6 is 11.6 Å². The van der Waals surface area contributed by atoms with E-state index in [-0.39, 0.29) is 0 Å². The molecule has 0 radical (unpaired) electrons. The molecule has 1 unspecified atom stereocenters. The van der Waals surface area contributed by atoms with Crippen molar-refractivity contribution in [3.05, 3.63) is 34.9 Å². The Hall–Kier alpha value is -0.530. The first-order valence-corrected chi connectivity index (χ1v) is 6.10. The maximum Gasteiger partial charge on any atom is 0.0406 e. The second kappa shape index (κ2) is 6.14. The first-order chi connectivity index (χ1) is 7.22. The minimum atomic E-state index is 0.525. The molecule has 1 atom stereocenters. The first-order valence-electron chi connectivity index (χ1n) is 5.72. The summed E-state index contributed by atoms with van der Waals surface area (Å²) in [4.78, 5) is 2.48. The van der Waals surface area contributed by atoms with Crippen LogP contribution in [0.2, 0.25) is 5.02 Å². The normalized spacial score (nSPS) is 13.1. The number of rotatable bonds is 5. The lowest BCUT2D eigenvalue weighted by molar-refractivity contribution is 0.213. The third-order valence-corrected chi connectivity index (χ3v) is 3.15. The minimum Gasteiger partial charge on any atom is -0.297 e. The summed E-state index contributed by atoms with van der Waals surface area (Å²) in [7, 11) is 0. The topological polar surface area (TPSA) is 3.24 Å². The zero-order chi connectivity index (χ0) is 11.3. The third-order valence-electron chi connectivity index (χ3n) is 2.89. The van der Waals surface area contributed by atoms with Crippen LogP contribution in [0.25, 0.3) is 0 Å². The van der Waals surface area contributed by atoms with Crippen molar-refractivity contribution in [1.29, 1.82) is 0 Å². The van der Waals surface area contributed by atoms with Crippen molar-refractivity contribution in [2.45, 2.75) is 33.2 Å². The average Bonchev–Trinajstić information content (AvgIpc) is 2.27. The SMILES string of the molecule is CCC(c1ccc(Cl)cc1)N(CC)CC. The zero-order valence-electron chi connectivity index (χ0n) is 9.83. The quantitative estimate of drug-likeness (QED) is 0.728. The molecule has 0 aliphatic carbocycles. The van der Waals surface area contributed by atoms with Crippen molar-refractivity contribution in [1.82, 2.24) is 4.90 Å². The van der Waals surface area contributed by atoms with Crippen LogP contribution in [0.15, 0.2) is 24.3 Å². The van der Waals surface area contributed by atoms with Gasteiger partial charge in [0.2, 0.25) is 0 Å². The molecule has 1 aromatic rings. The van der Waals surface area contributed by atoms with E-state index in [1.165, 1.54) is 5.56 Å². The Labute approximate surface area is 98.0 Å². The van der Waals surface area contributed by atoms with Gasteiger partial charge in [0.15, 0.2) is 0 Å². The van der Waals surface area contributed by atoms with Crippen LogP contribution in [-0.4, -0.2) is 18.0 Å². The van der Waals surface area contributed by atoms with E-state index < -0.39 is 0 Å². The summed E-state index contributed by atoms with van der Waals surface area (Å²) in [6, 6.07) is 8.74. The summed E-state index contributed by atoms with van der Waals surface area (Å²) in [5, 5.41) is 0.813. The Morgan fingerprint density at radius 3 is 2.00 bits per heavy atom. The largest absolute Gasteiger partial charge is 0.297 e.